The van der Waals surface area contributed by atoms with Crippen molar-refractivity contribution in [2.75, 3.05) is 0 Å². The summed E-state index contributed by atoms with van der Waals surface area (Å²) < 4.78 is 0.747. The van der Waals surface area contributed by atoms with Crippen LogP contribution >= 0.6 is 31.9 Å². The quantitative estimate of drug-likeness (QED) is 0.557. The molecule has 0 saturated heterocycles. The molecule has 0 unspecified atom stereocenters. The number of aliphatic hydroxyl groups is 1. The van der Waals surface area contributed by atoms with E-state index in [1.807, 2.05) is 0 Å². The Kier molecular flexibility index (Phi) is 4.65. The van der Waals surface area contributed by atoms with Gasteiger partial charge in [-0.25, -0.2) is 0 Å². The highest BCUT2D eigenvalue weighted by molar-refractivity contribution is 9.10. The van der Waals surface area contributed by atoms with Gasteiger partial charge in [-0.2, -0.15) is 0 Å². The zero-order chi connectivity index (χ0) is 16.8. The second-order valence-electron chi connectivity index (χ2n) is 7.11. The first kappa shape index (κ1) is 16.9. The van der Waals surface area contributed by atoms with Crippen LogP contribution in [0.5, 0.6) is 5.75 Å². The van der Waals surface area contributed by atoms with Crippen LogP contribution in [0.1, 0.15) is 55.2 Å². The van der Waals surface area contributed by atoms with E-state index in [1.54, 1.807) is 0 Å². The SMILES string of the molecule is Oc1c(Br)cc2c(c1C1=C3CCCCC3=C[C@@H](Br)[C@H]1O)CCCC2. The topological polar surface area (TPSA) is 40.5 Å². The zero-order valence-corrected chi connectivity index (χ0v) is 16.8. The number of phenols is 1. The van der Waals surface area contributed by atoms with E-state index in [0.29, 0.717) is 5.75 Å². The Morgan fingerprint density at radius 1 is 1.00 bits per heavy atom. The lowest BCUT2D eigenvalue weighted by molar-refractivity contribution is 0.239. The Morgan fingerprint density at radius 2 is 1.71 bits per heavy atom. The van der Waals surface area contributed by atoms with Crippen molar-refractivity contribution in [3.05, 3.63) is 44.5 Å². The molecule has 2 N–H and O–H groups in total. The molecule has 4 heteroatoms. The number of hydrogen-bond donors (Lipinski definition) is 2. The molecule has 0 spiro atoms. The fourth-order valence-electron chi connectivity index (χ4n) is 4.49. The molecular formula is C20H22Br2O2. The summed E-state index contributed by atoms with van der Waals surface area (Å²) >= 11 is 7.17. The van der Waals surface area contributed by atoms with Crippen molar-refractivity contribution >= 4 is 37.4 Å². The predicted octanol–water partition coefficient (Wildman–Crippen LogP) is 5.43. The van der Waals surface area contributed by atoms with Gasteiger partial charge >= 0.3 is 0 Å². The molecule has 1 aromatic rings. The van der Waals surface area contributed by atoms with Gasteiger partial charge in [0.2, 0.25) is 0 Å². The normalized spacial score (nSPS) is 26.7. The molecule has 0 aliphatic heterocycles. The zero-order valence-electron chi connectivity index (χ0n) is 13.6. The summed E-state index contributed by atoms with van der Waals surface area (Å²) in [4.78, 5) is -0.0815. The van der Waals surface area contributed by atoms with E-state index in [1.165, 1.54) is 35.1 Å². The fourth-order valence-corrected chi connectivity index (χ4v) is 5.55. The van der Waals surface area contributed by atoms with Crippen LogP contribution < -0.4 is 0 Å². The molecule has 1 fully saturated rings. The van der Waals surface area contributed by atoms with Crippen molar-refractivity contribution in [3.63, 3.8) is 0 Å². The highest BCUT2D eigenvalue weighted by Gasteiger charge is 2.34. The van der Waals surface area contributed by atoms with Gasteiger partial charge in [-0.15, -0.1) is 0 Å². The standard InChI is InChI=1S/C20H22Br2O2/c21-15-9-11-5-1-3-7-13(11)17(19(15)23)18-14-8-4-2-6-12(14)10-16(22)20(18)24/h9-10,15,19,23-24H,1-8H2/t15-,19-/m1/s1. The second-order valence-corrected chi connectivity index (χ2v) is 9.02. The van der Waals surface area contributed by atoms with Crippen molar-refractivity contribution in [2.45, 2.75) is 62.3 Å². The third-order valence-corrected chi connectivity index (χ3v) is 7.01. The number of halogens is 2. The fraction of sp³-hybridized carbons (Fsp3) is 0.500. The third kappa shape index (κ3) is 2.71. The lowest BCUT2D eigenvalue weighted by Gasteiger charge is -2.34. The molecule has 2 atom stereocenters. The summed E-state index contributed by atoms with van der Waals surface area (Å²) in [5.74, 6) is 0.295. The highest BCUT2D eigenvalue weighted by Crippen LogP contribution is 2.48. The Balaban J connectivity index is 1.98. The van der Waals surface area contributed by atoms with Gasteiger partial charge in [-0.1, -0.05) is 22.0 Å². The Labute approximate surface area is 159 Å². The van der Waals surface area contributed by atoms with Crippen molar-refractivity contribution in [2.24, 2.45) is 0 Å². The van der Waals surface area contributed by atoms with E-state index >= 15 is 0 Å². The van der Waals surface area contributed by atoms with E-state index in [2.05, 4.69) is 44.0 Å². The number of rotatable bonds is 1. The number of aliphatic hydroxyl groups excluding tert-OH is 1. The van der Waals surface area contributed by atoms with E-state index in [4.69, 9.17) is 0 Å². The molecule has 1 saturated carbocycles. The summed E-state index contributed by atoms with van der Waals surface area (Å²) in [6.07, 6.45) is 10.4. The van der Waals surface area contributed by atoms with Crippen LogP contribution in [0.15, 0.2) is 27.8 Å². The average molecular weight is 454 g/mol. The smallest absolute Gasteiger partial charge is 0.137 e. The number of aromatic hydroxyl groups is 1. The van der Waals surface area contributed by atoms with Gasteiger partial charge < -0.3 is 10.2 Å². The molecule has 0 aromatic heterocycles. The molecule has 0 amide bonds. The number of benzene rings is 1. The monoisotopic (exact) mass is 452 g/mol. The van der Waals surface area contributed by atoms with Gasteiger partial charge in [-0.3, -0.25) is 0 Å². The van der Waals surface area contributed by atoms with Gasteiger partial charge in [0.1, 0.15) is 5.75 Å². The summed E-state index contributed by atoms with van der Waals surface area (Å²) in [6, 6.07) is 2.07. The molecule has 0 bridgehead atoms. The largest absolute Gasteiger partial charge is 0.506 e. The maximum Gasteiger partial charge on any atom is 0.137 e. The van der Waals surface area contributed by atoms with Gasteiger partial charge in [-0.05, 0) is 101 Å². The van der Waals surface area contributed by atoms with Crippen molar-refractivity contribution in [1.82, 2.24) is 0 Å². The Morgan fingerprint density at radius 3 is 2.54 bits per heavy atom. The van der Waals surface area contributed by atoms with Crippen LogP contribution in [0.3, 0.4) is 0 Å². The average Bonchev–Trinajstić information content (AvgIpc) is 2.58. The lowest BCUT2D eigenvalue weighted by atomic mass is 9.75. The maximum absolute atomic E-state index is 11.0. The first-order valence-corrected chi connectivity index (χ1v) is 10.6. The van der Waals surface area contributed by atoms with E-state index < -0.39 is 6.10 Å². The molecule has 4 rings (SSSR count). The molecule has 1 aromatic carbocycles. The highest BCUT2D eigenvalue weighted by atomic mass is 79.9. The molecule has 0 radical (unpaired) electrons. The predicted molar refractivity (Wildman–Crippen MR) is 105 cm³/mol. The minimum absolute atomic E-state index is 0.0815. The number of alkyl halides is 1. The minimum Gasteiger partial charge on any atom is -0.506 e. The number of fused-ring (bicyclic) bond motifs is 2. The Bertz CT molecular complexity index is 748. The lowest BCUT2D eigenvalue weighted by Crippen LogP contribution is -2.28. The molecule has 3 aliphatic rings. The Hall–Kier alpha value is -0.580. The molecular weight excluding hydrogens is 432 g/mol. The van der Waals surface area contributed by atoms with Crippen molar-refractivity contribution < 1.29 is 10.2 Å². The molecule has 24 heavy (non-hydrogen) atoms. The van der Waals surface area contributed by atoms with Crippen LogP contribution in [0, 0.1) is 0 Å². The number of phenolic OH excluding ortho intramolecular Hbond substituents is 1. The van der Waals surface area contributed by atoms with Gasteiger partial charge in [0.25, 0.3) is 0 Å². The first-order chi connectivity index (χ1) is 11.6. The van der Waals surface area contributed by atoms with E-state index in [-0.39, 0.29) is 4.83 Å². The van der Waals surface area contributed by atoms with Crippen LogP contribution in [0.4, 0.5) is 0 Å². The van der Waals surface area contributed by atoms with Crippen LogP contribution in [0.25, 0.3) is 5.57 Å². The van der Waals surface area contributed by atoms with Crippen LogP contribution in [-0.4, -0.2) is 21.1 Å². The number of allylic oxidation sites excluding steroid dienone is 2. The molecule has 2 nitrogen and oxygen atoms in total. The summed E-state index contributed by atoms with van der Waals surface area (Å²) in [5.41, 5.74) is 7.05. The minimum atomic E-state index is -0.604. The summed E-state index contributed by atoms with van der Waals surface area (Å²) in [7, 11) is 0. The van der Waals surface area contributed by atoms with Gasteiger partial charge in [0, 0.05) is 5.56 Å². The van der Waals surface area contributed by atoms with E-state index in [0.717, 1.165) is 54.1 Å². The van der Waals surface area contributed by atoms with Crippen molar-refractivity contribution in [1.29, 1.82) is 0 Å². The molecule has 0 heterocycles. The second kappa shape index (κ2) is 6.62. The molecule has 3 aliphatic carbocycles. The third-order valence-electron chi connectivity index (χ3n) is 5.64. The van der Waals surface area contributed by atoms with Gasteiger partial charge in [0.05, 0.1) is 15.4 Å². The number of aryl methyl sites for hydroxylation is 1. The van der Waals surface area contributed by atoms with Crippen LogP contribution in [-0.2, 0) is 12.8 Å². The number of hydrogen-bond acceptors (Lipinski definition) is 2. The van der Waals surface area contributed by atoms with E-state index in [9.17, 15) is 10.2 Å². The van der Waals surface area contributed by atoms with Crippen LogP contribution in [0.2, 0.25) is 0 Å². The maximum atomic E-state index is 11.0. The van der Waals surface area contributed by atoms with Crippen molar-refractivity contribution in [3.8, 4) is 5.75 Å². The molecule has 128 valence electrons. The summed E-state index contributed by atoms with van der Waals surface area (Å²) in [6.45, 7) is 0. The van der Waals surface area contributed by atoms with Gasteiger partial charge in [0.15, 0.2) is 0 Å². The summed E-state index contributed by atoms with van der Waals surface area (Å²) in [5, 5.41) is 21.8. The first-order valence-electron chi connectivity index (χ1n) is 8.87.